The molecule has 2 rings (SSSR count). The number of rotatable bonds is 4. The van der Waals surface area contributed by atoms with E-state index in [1.165, 1.54) is 24.9 Å². The van der Waals surface area contributed by atoms with E-state index in [0.717, 1.165) is 30.8 Å². The van der Waals surface area contributed by atoms with Crippen molar-refractivity contribution in [2.24, 2.45) is 0 Å². The second-order valence-corrected chi connectivity index (χ2v) is 5.91. The Kier molecular flexibility index (Phi) is 4.94. The van der Waals surface area contributed by atoms with Gasteiger partial charge < -0.3 is 15.0 Å². The van der Waals surface area contributed by atoms with Crippen LogP contribution in [-0.2, 0) is 9.53 Å². The number of thiazole rings is 1. The van der Waals surface area contributed by atoms with Crippen molar-refractivity contribution in [1.82, 2.24) is 9.88 Å². The summed E-state index contributed by atoms with van der Waals surface area (Å²) in [6, 6.07) is 0. The fourth-order valence-electron chi connectivity index (χ4n) is 2.16. The minimum Gasteiger partial charge on any atom is -0.464 e. The predicted molar refractivity (Wildman–Crippen MR) is 77.1 cm³/mol. The number of hydrogen-bond donors (Lipinski definition) is 1. The molecule has 1 saturated heterocycles. The Morgan fingerprint density at radius 1 is 1.35 bits per heavy atom. The summed E-state index contributed by atoms with van der Waals surface area (Å²) in [5.74, 6) is -0.369. The van der Waals surface area contributed by atoms with Crippen LogP contribution in [0.4, 0.5) is 5.13 Å². The Hall–Kier alpha value is -1.63. The molecule has 0 aromatic carbocycles. The molecule has 1 N–H and O–H groups in total. The first-order valence-corrected chi connectivity index (χ1v) is 7.51. The fourth-order valence-corrected chi connectivity index (χ4v) is 2.96. The summed E-state index contributed by atoms with van der Waals surface area (Å²) in [5, 5.41) is 3.57. The number of carbonyl (C=O) groups excluding carboxylic acids is 2. The molecular formula is C13H19N3O3S. The summed E-state index contributed by atoms with van der Waals surface area (Å²) >= 11 is 1.35. The Labute approximate surface area is 122 Å². The molecule has 7 heteroatoms. The van der Waals surface area contributed by atoms with Gasteiger partial charge in [0.05, 0.1) is 13.7 Å². The number of nitrogens with zero attached hydrogens (tertiary/aromatic N) is 2. The molecule has 0 unspecified atom stereocenters. The highest BCUT2D eigenvalue weighted by Gasteiger charge is 2.18. The standard InChI is InChI=1S/C13H19N3O3S/c1-9-11(12(18)19-2)15-13(20-9)14-8-10(17)16-6-4-3-5-7-16/h3-8H2,1-2H3,(H,14,15). The molecule has 1 amide bonds. The van der Waals surface area contributed by atoms with Gasteiger partial charge in [-0.2, -0.15) is 0 Å². The van der Waals surface area contributed by atoms with Gasteiger partial charge in [0, 0.05) is 18.0 Å². The molecule has 0 spiro atoms. The minimum atomic E-state index is -0.450. The highest BCUT2D eigenvalue weighted by atomic mass is 32.1. The van der Waals surface area contributed by atoms with Gasteiger partial charge in [-0.15, -0.1) is 11.3 Å². The molecule has 6 nitrogen and oxygen atoms in total. The summed E-state index contributed by atoms with van der Waals surface area (Å²) in [6.45, 7) is 3.70. The van der Waals surface area contributed by atoms with E-state index in [2.05, 4.69) is 15.0 Å². The number of aromatic nitrogens is 1. The lowest BCUT2D eigenvalue weighted by molar-refractivity contribution is -0.130. The summed E-state index contributed by atoms with van der Waals surface area (Å²) < 4.78 is 4.65. The number of likely N-dealkylation sites (tertiary alicyclic amines) is 1. The van der Waals surface area contributed by atoms with E-state index in [0.29, 0.717) is 10.8 Å². The third-order valence-electron chi connectivity index (χ3n) is 3.27. The maximum atomic E-state index is 12.0. The second kappa shape index (κ2) is 6.69. The minimum absolute atomic E-state index is 0.0807. The number of nitrogens with one attached hydrogen (secondary N) is 1. The zero-order valence-corrected chi connectivity index (χ0v) is 12.6. The number of anilines is 1. The third kappa shape index (κ3) is 3.47. The molecule has 0 saturated carbocycles. The number of methoxy groups -OCH3 is 1. The van der Waals surface area contributed by atoms with Crippen LogP contribution in [-0.4, -0.2) is 48.5 Å². The molecule has 1 aromatic heterocycles. The molecule has 110 valence electrons. The number of piperidine rings is 1. The molecule has 20 heavy (non-hydrogen) atoms. The quantitative estimate of drug-likeness (QED) is 0.856. The van der Waals surface area contributed by atoms with Crippen LogP contribution in [0.5, 0.6) is 0 Å². The topological polar surface area (TPSA) is 71.5 Å². The number of aryl methyl sites for hydroxylation is 1. The Morgan fingerprint density at radius 3 is 2.70 bits per heavy atom. The van der Waals surface area contributed by atoms with Crippen molar-refractivity contribution < 1.29 is 14.3 Å². The summed E-state index contributed by atoms with van der Waals surface area (Å²) in [4.78, 5) is 30.3. The number of hydrogen-bond acceptors (Lipinski definition) is 6. The van der Waals surface area contributed by atoms with Gasteiger partial charge in [0.2, 0.25) is 5.91 Å². The maximum Gasteiger partial charge on any atom is 0.357 e. The van der Waals surface area contributed by atoms with E-state index < -0.39 is 5.97 Å². The third-order valence-corrected chi connectivity index (χ3v) is 4.20. The van der Waals surface area contributed by atoms with Gasteiger partial charge in [-0.3, -0.25) is 4.79 Å². The lowest BCUT2D eigenvalue weighted by atomic mass is 10.1. The molecule has 0 radical (unpaired) electrons. The monoisotopic (exact) mass is 297 g/mol. The first-order valence-electron chi connectivity index (χ1n) is 6.69. The van der Waals surface area contributed by atoms with E-state index in [1.807, 2.05) is 11.8 Å². The van der Waals surface area contributed by atoms with Crippen LogP contribution in [0.1, 0.15) is 34.6 Å². The van der Waals surface area contributed by atoms with Crippen LogP contribution < -0.4 is 5.32 Å². The van der Waals surface area contributed by atoms with Crippen LogP contribution >= 0.6 is 11.3 Å². The molecule has 0 aliphatic carbocycles. The molecule has 1 aliphatic rings. The molecule has 1 aromatic rings. The SMILES string of the molecule is COC(=O)c1nc(NCC(=O)N2CCCCC2)sc1C. The van der Waals surface area contributed by atoms with Crippen LogP contribution in [0, 0.1) is 6.92 Å². The van der Waals surface area contributed by atoms with Gasteiger partial charge in [-0.1, -0.05) is 0 Å². The highest BCUT2D eigenvalue weighted by molar-refractivity contribution is 7.15. The van der Waals surface area contributed by atoms with Gasteiger partial charge >= 0.3 is 5.97 Å². The molecule has 0 atom stereocenters. The van der Waals surface area contributed by atoms with Crippen molar-refractivity contribution in [2.75, 3.05) is 32.1 Å². The smallest absolute Gasteiger partial charge is 0.357 e. The van der Waals surface area contributed by atoms with E-state index in [9.17, 15) is 9.59 Å². The van der Waals surface area contributed by atoms with E-state index in [4.69, 9.17) is 0 Å². The number of amides is 1. The van der Waals surface area contributed by atoms with E-state index in [-0.39, 0.29) is 12.5 Å². The fraction of sp³-hybridized carbons (Fsp3) is 0.615. The molecular weight excluding hydrogens is 278 g/mol. The van der Waals surface area contributed by atoms with Crippen molar-refractivity contribution in [1.29, 1.82) is 0 Å². The molecule has 1 fully saturated rings. The van der Waals surface area contributed by atoms with Crippen LogP contribution in [0.25, 0.3) is 0 Å². The first-order chi connectivity index (χ1) is 9.61. The second-order valence-electron chi connectivity index (χ2n) is 4.71. The van der Waals surface area contributed by atoms with Gasteiger partial charge in [0.25, 0.3) is 0 Å². The molecule has 1 aliphatic heterocycles. The first kappa shape index (κ1) is 14.8. The average Bonchev–Trinajstić information content (AvgIpc) is 2.86. The van der Waals surface area contributed by atoms with Gasteiger partial charge in [-0.05, 0) is 26.2 Å². The van der Waals surface area contributed by atoms with Crippen molar-refractivity contribution in [3.05, 3.63) is 10.6 Å². The zero-order chi connectivity index (χ0) is 14.5. The van der Waals surface area contributed by atoms with Crippen molar-refractivity contribution in [2.45, 2.75) is 26.2 Å². The normalized spacial score (nSPS) is 15.0. The zero-order valence-electron chi connectivity index (χ0n) is 11.8. The predicted octanol–water partition coefficient (Wildman–Crippen LogP) is 1.66. The van der Waals surface area contributed by atoms with Crippen LogP contribution in [0.3, 0.4) is 0 Å². The average molecular weight is 297 g/mol. The Balaban J connectivity index is 1.90. The van der Waals surface area contributed by atoms with E-state index >= 15 is 0 Å². The molecule has 2 heterocycles. The lowest BCUT2D eigenvalue weighted by Crippen LogP contribution is -2.39. The largest absolute Gasteiger partial charge is 0.464 e. The Bertz CT molecular complexity index is 495. The van der Waals surface area contributed by atoms with Gasteiger partial charge in [-0.25, -0.2) is 9.78 Å². The van der Waals surface area contributed by atoms with Crippen molar-refractivity contribution >= 4 is 28.3 Å². The van der Waals surface area contributed by atoms with Crippen molar-refractivity contribution in [3.63, 3.8) is 0 Å². The van der Waals surface area contributed by atoms with Crippen LogP contribution in [0.15, 0.2) is 0 Å². The van der Waals surface area contributed by atoms with E-state index in [1.54, 1.807) is 0 Å². The highest BCUT2D eigenvalue weighted by Crippen LogP contribution is 2.22. The van der Waals surface area contributed by atoms with Gasteiger partial charge in [0.15, 0.2) is 10.8 Å². The summed E-state index contributed by atoms with van der Waals surface area (Å²) in [6.07, 6.45) is 3.36. The van der Waals surface area contributed by atoms with Gasteiger partial charge in [0.1, 0.15) is 0 Å². The van der Waals surface area contributed by atoms with Crippen LogP contribution in [0.2, 0.25) is 0 Å². The number of carbonyl (C=O) groups is 2. The number of ether oxygens (including phenoxy) is 1. The summed E-state index contributed by atoms with van der Waals surface area (Å²) in [7, 11) is 1.33. The van der Waals surface area contributed by atoms with Crippen molar-refractivity contribution in [3.8, 4) is 0 Å². The summed E-state index contributed by atoms with van der Waals surface area (Å²) in [5.41, 5.74) is 0.311. The Morgan fingerprint density at radius 2 is 2.05 bits per heavy atom. The maximum absolute atomic E-state index is 12.0. The lowest BCUT2D eigenvalue weighted by Gasteiger charge is -2.26. The number of esters is 1. The molecule has 0 bridgehead atoms.